The number of aromatic nitrogens is 2. The van der Waals surface area contributed by atoms with Crippen LogP contribution in [0.1, 0.15) is 13.3 Å². The average Bonchev–Trinajstić information content (AvgIpc) is 2.78. The third-order valence-electron chi connectivity index (χ3n) is 3.50. The van der Waals surface area contributed by atoms with Crippen molar-refractivity contribution in [2.45, 2.75) is 30.6 Å². The van der Waals surface area contributed by atoms with Crippen molar-refractivity contribution in [1.29, 1.82) is 0 Å². The fourth-order valence-electron chi connectivity index (χ4n) is 2.69. The molecule has 0 radical (unpaired) electrons. The van der Waals surface area contributed by atoms with Gasteiger partial charge in [0.25, 0.3) is 0 Å². The minimum absolute atomic E-state index is 0.286. The zero-order valence-electron chi connectivity index (χ0n) is 13.2. The van der Waals surface area contributed by atoms with Gasteiger partial charge in [-0.3, -0.25) is 0 Å². The highest BCUT2D eigenvalue weighted by molar-refractivity contribution is 7.98. The minimum atomic E-state index is -0.287. The molecule has 1 aromatic rings. The van der Waals surface area contributed by atoms with Crippen LogP contribution < -0.4 is 10.2 Å². The Hall–Kier alpha value is -1.05. The lowest BCUT2D eigenvalue weighted by Crippen LogP contribution is -2.38. The first-order valence-electron chi connectivity index (χ1n) is 7.29. The van der Waals surface area contributed by atoms with Gasteiger partial charge in [-0.1, -0.05) is 11.8 Å². The summed E-state index contributed by atoms with van der Waals surface area (Å²) in [5.41, 5.74) is 0. The van der Waals surface area contributed by atoms with E-state index in [9.17, 15) is 5.11 Å². The second-order valence-electron chi connectivity index (χ2n) is 5.59. The summed E-state index contributed by atoms with van der Waals surface area (Å²) < 4.78 is 0. The van der Waals surface area contributed by atoms with E-state index >= 15 is 0 Å². The van der Waals surface area contributed by atoms with Crippen molar-refractivity contribution in [1.82, 2.24) is 14.9 Å². The Labute approximate surface area is 131 Å². The van der Waals surface area contributed by atoms with Gasteiger partial charge < -0.3 is 20.2 Å². The number of nitrogens with one attached hydrogen (secondary N) is 1. The quantitative estimate of drug-likeness (QED) is 0.603. The van der Waals surface area contributed by atoms with Crippen LogP contribution in [0.3, 0.4) is 0 Å². The van der Waals surface area contributed by atoms with Gasteiger partial charge in [-0.2, -0.15) is 0 Å². The topological polar surface area (TPSA) is 64.5 Å². The molecule has 1 saturated heterocycles. The molecule has 0 bridgehead atoms. The number of likely N-dealkylation sites (N-methyl/N-ethyl adjacent to an activating group) is 1. The van der Waals surface area contributed by atoms with Gasteiger partial charge in [0, 0.05) is 31.7 Å². The predicted molar refractivity (Wildman–Crippen MR) is 88.3 cm³/mol. The number of hydrogen-bond acceptors (Lipinski definition) is 7. The molecule has 6 nitrogen and oxygen atoms in total. The number of aliphatic hydroxyl groups excluding tert-OH is 1. The van der Waals surface area contributed by atoms with E-state index in [1.54, 1.807) is 0 Å². The molecule has 0 saturated carbocycles. The van der Waals surface area contributed by atoms with Gasteiger partial charge in [0.05, 0.1) is 6.10 Å². The molecule has 118 valence electrons. The Kier molecular flexibility index (Phi) is 5.66. The van der Waals surface area contributed by atoms with Crippen molar-refractivity contribution >= 4 is 23.4 Å². The van der Waals surface area contributed by atoms with Crippen molar-refractivity contribution in [3.63, 3.8) is 0 Å². The molecular weight excluding hydrogens is 286 g/mol. The van der Waals surface area contributed by atoms with E-state index in [2.05, 4.69) is 46.1 Å². The number of β-amino-alcohol motifs (C(OH)–C–C–N with tert-alkyl or cyclic N) is 1. The van der Waals surface area contributed by atoms with E-state index in [-0.39, 0.29) is 12.1 Å². The van der Waals surface area contributed by atoms with E-state index in [0.29, 0.717) is 6.54 Å². The van der Waals surface area contributed by atoms with Crippen LogP contribution in [-0.4, -0.2) is 72.1 Å². The smallest absolute Gasteiger partial charge is 0.191 e. The maximum absolute atomic E-state index is 10.0. The summed E-state index contributed by atoms with van der Waals surface area (Å²) in [7, 11) is 4.11. The molecule has 1 aromatic heterocycles. The Balaban J connectivity index is 2.27. The second kappa shape index (κ2) is 7.29. The molecule has 2 rings (SSSR count). The summed E-state index contributed by atoms with van der Waals surface area (Å²) in [6.45, 7) is 4.42. The Bertz CT molecular complexity index is 471. The summed E-state index contributed by atoms with van der Waals surface area (Å²) in [6, 6.07) is 2.26. The van der Waals surface area contributed by atoms with Crippen molar-refractivity contribution in [2.75, 3.05) is 50.2 Å². The summed E-state index contributed by atoms with van der Waals surface area (Å²) in [5.74, 6) is 1.74. The molecule has 0 amide bonds. The molecule has 0 aliphatic carbocycles. The Morgan fingerprint density at radius 3 is 2.86 bits per heavy atom. The molecule has 1 aliphatic heterocycles. The third-order valence-corrected chi connectivity index (χ3v) is 4.04. The standard InChI is InChI=1S/C14H25N5OS/c1-5-15-12-7-13(17-14(16-12)21-4)19-9-11(20)6-10(19)8-18(2)3/h7,10-11,20H,5-6,8-9H2,1-4H3,(H,15,16,17). The maximum atomic E-state index is 10.0. The molecular formula is C14H25N5OS. The minimum Gasteiger partial charge on any atom is -0.391 e. The van der Waals surface area contributed by atoms with Gasteiger partial charge in [-0.25, -0.2) is 9.97 Å². The van der Waals surface area contributed by atoms with Crippen molar-refractivity contribution in [3.05, 3.63) is 6.07 Å². The van der Waals surface area contributed by atoms with Crippen LogP contribution in [0.25, 0.3) is 0 Å². The fraction of sp³-hybridized carbons (Fsp3) is 0.714. The lowest BCUT2D eigenvalue weighted by Gasteiger charge is -2.28. The molecule has 2 atom stereocenters. The van der Waals surface area contributed by atoms with E-state index in [1.165, 1.54) is 11.8 Å². The van der Waals surface area contributed by atoms with Crippen molar-refractivity contribution in [3.8, 4) is 0 Å². The first-order chi connectivity index (χ1) is 10.0. The van der Waals surface area contributed by atoms with Crippen LogP contribution in [0.4, 0.5) is 11.6 Å². The van der Waals surface area contributed by atoms with E-state index in [1.807, 2.05) is 12.3 Å². The van der Waals surface area contributed by atoms with Crippen LogP contribution >= 0.6 is 11.8 Å². The Morgan fingerprint density at radius 1 is 1.48 bits per heavy atom. The predicted octanol–water partition coefficient (Wildman–Crippen LogP) is 1.13. The number of hydrogen-bond donors (Lipinski definition) is 2. The van der Waals surface area contributed by atoms with Gasteiger partial charge in [0.2, 0.25) is 0 Å². The normalized spacial score (nSPS) is 22.1. The number of aliphatic hydroxyl groups is 1. The first kappa shape index (κ1) is 16.3. The molecule has 2 unspecified atom stereocenters. The third kappa shape index (κ3) is 4.21. The second-order valence-corrected chi connectivity index (χ2v) is 6.36. The van der Waals surface area contributed by atoms with Crippen LogP contribution in [-0.2, 0) is 0 Å². The molecule has 0 aromatic carbocycles. The van der Waals surface area contributed by atoms with E-state index in [4.69, 9.17) is 0 Å². The lowest BCUT2D eigenvalue weighted by molar-refractivity contribution is 0.191. The van der Waals surface area contributed by atoms with E-state index in [0.717, 1.165) is 36.3 Å². The number of nitrogens with zero attached hydrogens (tertiary/aromatic N) is 4. The highest BCUT2D eigenvalue weighted by Gasteiger charge is 2.32. The average molecular weight is 311 g/mol. The zero-order valence-corrected chi connectivity index (χ0v) is 14.0. The zero-order chi connectivity index (χ0) is 15.4. The SMILES string of the molecule is CCNc1cc(N2CC(O)CC2CN(C)C)nc(SC)n1. The van der Waals surface area contributed by atoms with Crippen LogP contribution in [0.15, 0.2) is 11.2 Å². The summed E-state index contributed by atoms with van der Waals surface area (Å²) in [5, 5.41) is 14.0. The lowest BCUT2D eigenvalue weighted by atomic mass is 10.2. The maximum Gasteiger partial charge on any atom is 0.191 e. The largest absolute Gasteiger partial charge is 0.391 e. The van der Waals surface area contributed by atoms with Crippen molar-refractivity contribution < 1.29 is 5.11 Å². The number of thioether (sulfide) groups is 1. The van der Waals surface area contributed by atoms with Gasteiger partial charge in [-0.15, -0.1) is 0 Å². The molecule has 1 fully saturated rings. The van der Waals surface area contributed by atoms with Crippen LogP contribution in [0, 0.1) is 0 Å². The fourth-order valence-corrected chi connectivity index (χ4v) is 3.06. The van der Waals surface area contributed by atoms with Crippen molar-refractivity contribution in [2.24, 2.45) is 0 Å². The van der Waals surface area contributed by atoms with Gasteiger partial charge in [0.15, 0.2) is 5.16 Å². The Morgan fingerprint density at radius 2 is 2.24 bits per heavy atom. The number of rotatable bonds is 6. The van der Waals surface area contributed by atoms with Gasteiger partial charge in [0.1, 0.15) is 11.6 Å². The summed E-state index contributed by atoms with van der Waals surface area (Å²) in [6.07, 6.45) is 2.48. The summed E-state index contributed by atoms with van der Waals surface area (Å²) >= 11 is 1.54. The molecule has 2 N–H and O–H groups in total. The van der Waals surface area contributed by atoms with Gasteiger partial charge in [-0.05, 0) is 33.7 Å². The molecule has 7 heteroatoms. The van der Waals surface area contributed by atoms with Gasteiger partial charge >= 0.3 is 0 Å². The van der Waals surface area contributed by atoms with E-state index < -0.39 is 0 Å². The monoisotopic (exact) mass is 311 g/mol. The van der Waals surface area contributed by atoms with Crippen LogP contribution in [0.5, 0.6) is 0 Å². The summed E-state index contributed by atoms with van der Waals surface area (Å²) in [4.78, 5) is 13.4. The first-order valence-corrected chi connectivity index (χ1v) is 8.52. The highest BCUT2D eigenvalue weighted by Crippen LogP contribution is 2.27. The number of anilines is 2. The molecule has 21 heavy (non-hydrogen) atoms. The molecule has 0 spiro atoms. The molecule has 2 heterocycles. The molecule has 1 aliphatic rings. The highest BCUT2D eigenvalue weighted by atomic mass is 32.2. The van der Waals surface area contributed by atoms with Crippen LogP contribution in [0.2, 0.25) is 0 Å².